The molecule has 7 nitrogen and oxygen atoms in total. The Balaban J connectivity index is 1.70. The van der Waals surface area contributed by atoms with Crippen LogP contribution in [0, 0.1) is 32.6 Å². The Morgan fingerprint density at radius 1 is 1.00 bits per heavy atom. The highest BCUT2D eigenvalue weighted by atomic mass is 15.4. The van der Waals surface area contributed by atoms with Crippen molar-refractivity contribution >= 4 is 11.6 Å². The van der Waals surface area contributed by atoms with E-state index in [-0.39, 0.29) is 0 Å². The minimum atomic E-state index is 0.654. The van der Waals surface area contributed by atoms with Crippen LogP contribution in [0.15, 0.2) is 6.07 Å². The Kier molecular flexibility index (Phi) is 3.68. The molecule has 0 radical (unpaired) electrons. The van der Waals surface area contributed by atoms with Gasteiger partial charge in [0.25, 0.3) is 0 Å². The van der Waals surface area contributed by atoms with E-state index >= 15 is 0 Å². The molecule has 0 atom stereocenters. The van der Waals surface area contributed by atoms with Gasteiger partial charge in [0.15, 0.2) is 5.65 Å². The van der Waals surface area contributed by atoms with Crippen molar-refractivity contribution in [2.24, 2.45) is 7.05 Å². The molecule has 0 spiro atoms. The van der Waals surface area contributed by atoms with Crippen molar-refractivity contribution < 1.29 is 0 Å². The first-order valence-electron chi connectivity index (χ1n) is 8.54. The Morgan fingerprint density at radius 2 is 1.76 bits per heavy atom. The molecule has 7 heteroatoms. The fourth-order valence-corrected chi connectivity index (χ4v) is 3.06. The summed E-state index contributed by atoms with van der Waals surface area (Å²) in [5.41, 5.74) is 4.62. The van der Waals surface area contributed by atoms with Gasteiger partial charge in [0, 0.05) is 20.1 Å². The average molecular weight is 335 g/mol. The Morgan fingerprint density at radius 3 is 2.52 bits per heavy atom. The van der Waals surface area contributed by atoms with Crippen LogP contribution in [-0.4, -0.2) is 42.5 Å². The molecule has 0 aliphatic carbocycles. The normalized spacial score (nSPS) is 14.2. The van der Waals surface area contributed by atoms with Crippen LogP contribution in [0.25, 0.3) is 5.65 Å². The molecule has 1 aliphatic rings. The predicted octanol–water partition coefficient (Wildman–Crippen LogP) is 1.78. The van der Waals surface area contributed by atoms with Crippen LogP contribution in [0.2, 0.25) is 0 Å². The third-order valence-corrected chi connectivity index (χ3v) is 4.69. The van der Waals surface area contributed by atoms with E-state index in [1.807, 2.05) is 38.4 Å². The number of hydrogen-bond donors (Lipinski definition) is 0. The second-order valence-corrected chi connectivity index (χ2v) is 6.53. The fraction of sp³-hybridized carbons (Fsp3) is 0.444. The molecule has 0 aromatic carbocycles. The monoisotopic (exact) mass is 335 g/mol. The lowest BCUT2D eigenvalue weighted by Crippen LogP contribution is -2.19. The molecule has 3 aromatic heterocycles. The highest BCUT2D eigenvalue weighted by Gasteiger charge is 2.17. The molecule has 0 amide bonds. The number of anilines is 1. The van der Waals surface area contributed by atoms with Crippen molar-refractivity contribution in [2.75, 3.05) is 18.0 Å². The average Bonchev–Trinajstić information content (AvgIpc) is 3.28. The van der Waals surface area contributed by atoms with E-state index in [0.717, 1.165) is 47.3 Å². The van der Waals surface area contributed by atoms with E-state index in [0.29, 0.717) is 5.82 Å². The summed E-state index contributed by atoms with van der Waals surface area (Å²) in [6, 6.07) is 2.02. The highest BCUT2D eigenvalue weighted by Crippen LogP contribution is 2.16. The van der Waals surface area contributed by atoms with Gasteiger partial charge in [-0.05, 0) is 57.1 Å². The molecule has 1 saturated heterocycles. The number of hydrogen-bond acceptors (Lipinski definition) is 5. The molecule has 0 bridgehead atoms. The SMILES string of the molecule is Cc1cc2nc(C)c(C)n2nc1C#Cc1nc(N2CCCC2)nn1C. The van der Waals surface area contributed by atoms with Gasteiger partial charge in [-0.2, -0.15) is 10.1 Å². The molecule has 128 valence electrons. The largest absolute Gasteiger partial charge is 0.340 e. The van der Waals surface area contributed by atoms with Crippen molar-refractivity contribution in [2.45, 2.75) is 33.6 Å². The summed E-state index contributed by atoms with van der Waals surface area (Å²) in [6.45, 7) is 8.05. The molecule has 0 N–H and O–H groups in total. The molecule has 25 heavy (non-hydrogen) atoms. The summed E-state index contributed by atoms with van der Waals surface area (Å²) in [5.74, 6) is 7.70. The van der Waals surface area contributed by atoms with Gasteiger partial charge < -0.3 is 4.90 Å². The molecule has 0 unspecified atom stereocenters. The van der Waals surface area contributed by atoms with Crippen molar-refractivity contribution in [3.63, 3.8) is 0 Å². The Bertz CT molecular complexity index is 1010. The van der Waals surface area contributed by atoms with E-state index in [1.54, 1.807) is 4.68 Å². The third-order valence-electron chi connectivity index (χ3n) is 4.69. The first-order chi connectivity index (χ1) is 12.0. The number of imidazole rings is 1. The van der Waals surface area contributed by atoms with Crippen LogP contribution >= 0.6 is 0 Å². The standard InChI is InChI=1S/C18H21N7/c1-12-11-17-19-13(2)14(3)25(17)21-15(12)7-8-16-20-18(22-23(16)4)24-9-5-6-10-24/h11H,5-6,9-10H2,1-4H3. The first-order valence-corrected chi connectivity index (χ1v) is 8.54. The summed E-state index contributed by atoms with van der Waals surface area (Å²) < 4.78 is 3.58. The third kappa shape index (κ3) is 2.74. The maximum absolute atomic E-state index is 4.64. The number of nitrogens with zero attached hydrogens (tertiary/aromatic N) is 7. The maximum Gasteiger partial charge on any atom is 0.245 e. The van der Waals surface area contributed by atoms with Gasteiger partial charge in [0.2, 0.25) is 11.8 Å². The number of aromatic nitrogens is 6. The van der Waals surface area contributed by atoms with Gasteiger partial charge in [0.05, 0.1) is 11.4 Å². The van der Waals surface area contributed by atoms with E-state index in [4.69, 9.17) is 0 Å². The van der Waals surface area contributed by atoms with Crippen LogP contribution < -0.4 is 4.90 Å². The summed E-state index contributed by atoms with van der Waals surface area (Å²) in [7, 11) is 1.88. The van der Waals surface area contributed by atoms with Gasteiger partial charge in [0.1, 0.15) is 5.69 Å². The van der Waals surface area contributed by atoms with E-state index in [2.05, 4.69) is 36.9 Å². The fourth-order valence-electron chi connectivity index (χ4n) is 3.06. The minimum Gasteiger partial charge on any atom is -0.340 e. The lowest BCUT2D eigenvalue weighted by molar-refractivity contribution is 0.745. The molecular weight excluding hydrogens is 314 g/mol. The highest BCUT2D eigenvalue weighted by molar-refractivity contribution is 5.49. The zero-order chi connectivity index (χ0) is 17.6. The summed E-state index contributed by atoms with van der Waals surface area (Å²) in [6.07, 6.45) is 2.40. The van der Waals surface area contributed by atoms with Crippen molar-refractivity contribution in [1.29, 1.82) is 0 Å². The van der Waals surface area contributed by atoms with E-state index < -0.39 is 0 Å². The molecule has 3 aromatic rings. The summed E-state index contributed by atoms with van der Waals surface area (Å²) in [5, 5.41) is 9.12. The van der Waals surface area contributed by atoms with Crippen LogP contribution in [0.3, 0.4) is 0 Å². The van der Waals surface area contributed by atoms with Crippen molar-refractivity contribution in [3.8, 4) is 11.8 Å². The summed E-state index contributed by atoms with van der Waals surface area (Å²) in [4.78, 5) is 11.3. The number of fused-ring (bicyclic) bond motifs is 1. The van der Waals surface area contributed by atoms with Gasteiger partial charge in [-0.15, -0.1) is 5.10 Å². The van der Waals surface area contributed by atoms with Crippen LogP contribution in [-0.2, 0) is 7.05 Å². The van der Waals surface area contributed by atoms with E-state index in [9.17, 15) is 0 Å². The quantitative estimate of drug-likeness (QED) is 0.634. The van der Waals surface area contributed by atoms with Gasteiger partial charge in [-0.25, -0.2) is 14.2 Å². The molecule has 0 saturated carbocycles. The van der Waals surface area contributed by atoms with Crippen molar-refractivity contribution in [1.82, 2.24) is 29.4 Å². The Labute approximate surface area is 146 Å². The number of aryl methyl sites for hydroxylation is 4. The van der Waals surface area contributed by atoms with Gasteiger partial charge >= 0.3 is 0 Å². The molecule has 4 rings (SSSR count). The lowest BCUT2D eigenvalue weighted by Gasteiger charge is -2.10. The lowest BCUT2D eigenvalue weighted by atomic mass is 10.2. The van der Waals surface area contributed by atoms with Crippen molar-refractivity contribution in [3.05, 3.63) is 34.5 Å². The first kappa shape index (κ1) is 15.6. The zero-order valence-corrected chi connectivity index (χ0v) is 15.0. The summed E-state index contributed by atoms with van der Waals surface area (Å²) >= 11 is 0. The number of rotatable bonds is 1. The van der Waals surface area contributed by atoms with Gasteiger partial charge in [-0.1, -0.05) is 0 Å². The minimum absolute atomic E-state index is 0.654. The second kappa shape index (κ2) is 5.88. The van der Waals surface area contributed by atoms with Crippen LogP contribution in [0.1, 0.15) is 41.3 Å². The zero-order valence-electron chi connectivity index (χ0n) is 15.0. The Hall–Kier alpha value is -2.88. The smallest absolute Gasteiger partial charge is 0.245 e. The van der Waals surface area contributed by atoms with Gasteiger partial charge in [-0.3, -0.25) is 0 Å². The molecule has 1 fully saturated rings. The molecular formula is C18H21N7. The van der Waals surface area contributed by atoms with E-state index in [1.165, 1.54) is 12.8 Å². The second-order valence-electron chi connectivity index (χ2n) is 6.53. The molecule has 4 heterocycles. The maximum atomic E-state index is 4.64. The predicted molar refractivity (Wildman–Crippen MR) is 95.6 cm³/mol. The van der Waals surface area contributed by atoms with Crippen LogP contribution in [0.4, 0.5) is 5.95 Å². The molecule has 1 aliphatic heterocycles. The topological polar surface area (TPSA) is 64.1 Å². The van der Waals surface area contributed by atoms with Crippen LogP contribution in [0.5, 0.6) is 0 Å².